The molecule has 0 spiro atoms. The molecule has 1 aliphatic heterocycles. The number of anilines is 1. The van der Waals surface area contributed by atoms with Crippen molar-refractivity contribution in [1.29, 1.82) is 0 Å². The Labute approximate surface area is 184 Å². The molecule has 1 unspecified atom stereocenters. The van der Waals surface area contributed by atoms with Gasteiger partial charge in [-0.25, -0.2) is 4.39 Å². The van der Waals surface area contributed by atoms with E-state index < -0.39 is 0 Å². The fraction of sp³-hybridized carbons (Fsp3) is 0.318. The van der Waals surface area contributed by atoms with Crippen molar-refractivity contribution < 1.29 is 18.4 Å². The molecule has 1 aromatic heterocycles. The Bertz CT molecular complexity index is 1070. The number of aromatic nitrogens is 2. The van der Waals surface area contributed by atoms with Crippen molar-refractivity contribution in [3.05, 3.63) is 59.2 Å². The number of nitrogens with zero attached hydrogens (tertiary/aromatic N) is 3. The summed E-state index contributed by atoms with van der Waals surface area (Å²) in [4.78, 5) is 19.1. The van der Waals surface area contributed by atoms with Crippen LogP contribution in [0.4, 0.5) is 10.1 Å². The van der Waals surface area contributed by atoms with Gasteiger partial charge in [-0.15, -0.1) is 0 Å². The van der Waals surface area contributed by atoms with E-state index >= 15 is 0 Å². The number of likely N-dealkylation sites (tertiary alicyclic amines) is 1. The number of rotatable bonds is 6. The molecule has 0 saturated carbocycles. The second-order valence-corrected chi connectivity index (χ2v) is 7.87. The summed E-state index contributed by atoms with van der Waals surface area (Å²) < 4.78 is 24.2. The zero-order chi connectivity index (χ0) is 21.8. The summed E-state index contributed by atoms with van der Waals surface area (Å²) in [5.74, 6) is 0.905. The Hall–Kier alpha value is -2.97. The van der Waals surface area contributed by atoms with Gasteiger partial charge in [-0.2, -0.15) is 4.98 Å². The van der Waals surface area contributed by atoms with Crippen LogP contribution in [0.2, 0.25) is 5.02 Å². The van der Waals surface area contributed by atoms with E-state index in [4.69, 9.17) is 20.9 Å². The van der Waals surface area contributed by atoms with Crippen molar-refractivity contribution in [2.45, 2.75) is 18.8 Å². The van der Waals surface area contributed by atoms with Crippen molar-refractivity contribution >= 4 is 23.2 Å². The zero-order valence-corrected chi connectivity index (χ0v) is 17.7. The van der Waals surface area contributed by atoms with Crippen LogP contribution in [0.15, 0.2) is 47.0 Å². The largest absolute Gasteiger partial charge is 0.495 e. The topological polar surface area (TPSA) is 80.5 Å². The predicted octanol–water partition coefficient (Wildman–Crippen LogP) is 4.36. The summed E-state index contributed by atoms with van der Waals surface area (Å²) in [5.41, 5.74) is 1.10. The molecular formula is C22H22ClFN4O3. The maximum absolute atomic E-state index is 13.5. The Kier molecular flexibility index (Phi) is 6.48. The number of carbonyl (C=O) groups excluding carboxylic acids is 1. The van der Waals surface area contributed by atoms with Gasteiger partial charge in [0.2, 0.25) is 17.6 Å². The van der Waals surface area contributed by atoms with E-state index in [9.17, 15) is 9.18 Å². The van der Waals surface area contributed by atoms with Gasteiger partial charge in [-0.1, -0.05) is 28.9 Å². The third-order valence-corrected chi connectivity index (χ3v) is 5.42. The molecule has 162 valence electrons. The lowest BCUT2D eigenvalue weighted by atomic mass is 9.98. The first-order valence-corrected chi connectivity index (χ1v) is 10.3. The average molecular weight is 445 g/mol. The maximum Gasteiger partial charge on any atom is 0.238 e. The molecule has 4 rings (SSSR count). The lowest BCUT2D eigenvalue weighted by molar-refractivity contribution is -0.117. The van der Waals surface area contributed by atoms with E-state index in [1.54, 1.807) is 30.3 Å². The van der Waals surface area contributed by atoms with E-state index in [1.165, 1.54) is 19.2 Å². The predicted molar refractivity (Wildman–Crippen MR) is 115 cm³/mol. The van der Waals surface area contributed by atoms with Gasteiger partial charge >= 0.3 is 0 Å². The summed E-state index contributed by atoms with van der Waals surface area (Å²) >= 11 is 6.03. The molecular weight excluding hydrogens is 423 g/mol. The van der Waals surface area contributed by atoms with Crippen LogP contribution in [0.25, 0.3) is 11.4 Å². The highest BCUT2D eigenvalue weighted by atomic mass is 35.5. The van der Waals surface area contributed by atoms with Gasteiger partial charge in [0, 0.05) is 17.1 Å². The van der Waals surface area contributed by atoms with E-state index in [-0.39, 0.29) is 24.2 Å². The number of hydrogen-bond acceptors (Lipinski definition) is 6. The smallest absolute Gasteiger partial charge is 0.238 e. The highest BCUT2D eigenvalue weighted by Gasteiger charge is 2.27. The first kappa shape index (κ1) is 21.3. The summed E-state index contributed by atoms with van der Waals surface area (Å²) in [6.45, 7) is 1.63. The third kappa shape index (κ3) is 5.21. The molecule has 1 atom stereocenters. The number of piperidine rings is 1. The minimum atomic E-state index is -0.352. The standard InChI is InChI=1S/C22H22ClFN4O3/c1-30-19-8-7-16(23)11-18(19)25-20(29)13-28-9-3-5-15(12-28)22-26-21(27-31-22)14-4-2-6-17(24)10-14/h2,4,6-8,10-11,15H,3,5,9,12-13H2,1H3,(H,25,29). The summed E-state index contributed by atoms with van der Waals surface area (Å²) in [7, 11) is 1.54. The molecule has 0 radical (unpaired) electrons. The minimum absolute atomic E-state index is 0.0112. The van der Waals surface area contributed by atoms with E-state index in [0.717, 1.165) is 19.4 Å². The van der Waals surface area contributed by atoms with Gasteiger partial charge in [-0.05, 0) is 49.7 Å². The van der Waals surface area contributed by atoms with Crippen LogP contribution in [-0.2, 0) is 4.79 Å². The number of nitrogens with one attached hydrogen (secondary N) is 1. The molecule has 1 N–H and O–H groups in total. The van der Waals surface area contributed by atoms with Gasteiger partial charge in [0.25, 0.3) is 0 Å². The second kappa shape index (κ2) is 9.45. The van der Waals surface area contributed by atoms with Crippen LogP contribution in [0.5, 0.6) is 5.75 Å². The van der Waals surface area contributed by atoms with E-state index in [1.807, 2.05) is 4.90 Å². The van der Waals surface area contributed by atoms with Gasteiger partial charge in [-0.3, -0.25) is 9.69 Å². The monoisotopic (exact) mass is 444 g/mol. The Morgan fingerprint density at radius 2 is 2.23 bits per heavy atom. The van der Waals surface area contributed by atoms with Crippen molar-refractivity contribution in [2.24, 2.45) is 0 Å². The van der Waals surface area contributed by atoms with Gasteiger partial charge in [0.1, 0.15) is 11.6 Å². The van der Waals surface area contributed by atoms with Gasteiger partial charge in [0.05, 0.1) is 25.3 Å². The highest BCUT2D eigenvalue weighted by Crippen LogP contribution is 2.29. The molecule has 2 heterocycles. The number of halogens is 2. The highest BCUT2D eigenvalue weighted by molar-refractivity contribution is 6.31. The minimum Gasteiger partial charge on any atom is -0.495 e. The van der Waals surface area contributed by atoms with Crippen LogP contribution < -0.4 is 10.1 Å². The molecule has 0 bridgehead atoms. The Morgan fingerprint density at radius 3 is 3.03 bits per heavy atom. The third-order valence-electron chi connectivity index (χ3n) is 5.18. The van der Waals surface area contributed by atoms with Gasteiger partial charge in [0.15, 0.2) is 0 Å². The van der Waals surface area contributed by atoms with Gasteiger partial charge < -0.3 is 14.6 Å². The van der Waals surface area contributed by atoms with Crippen molar-refractivity contribution in [3.8, 4) is 17.1 Å². The first-order valence-electron chi connectivity index (χ1n) is 9.97. The van der Waals surface area contributed by atoms with E-state index in [2.05, 4.69) is 15.5 Å². The van der Waals surface area contributed by atoms with Crippen LogP contribution in [-0.4, -0.2) is 47.7 Å². The quantitative estimate of drug-likeness (QED) is 0.608. The summed E-state index contributed by atoms with van der Waals surface area (Å²) in [5, 5.41) is 7.37. The second-order valence-electron chi connectivity index (χ2n) is 7.43. The summed E-state index contributed by atoms with van der Waals surface area (Å²) in [6, 6.07) is 11.2. The van der Waals surface area contributed by atoms with Crippen molar-refractivity contribution in [1.82, 2.24) is 15.0 Å². The lowest BCUT2D eigenvalue weighted by Gasteiger charge is -2.30. The summed E-state index contributed by atoms with van der Waals surface area (Å²) in [6.07, 6.45) is 1.78. The SMILES string of the molecule is COc1ccc(Cl)cc1NC(=O)CN1CCCC(c2nc(-c3cccc(F)c3)no2)C1. The van der Waals surface area contributed by atoms with Crippen LogP contribution in [0.3, 0.4) is 0 Å². The number of hydrogen-bond donors (Lipinski definition) is 1. The number of amides is 1. The molecule has 1 aliphatic rings. The Morgan fingerprint density at radius 1 is 1.35 bits per heavy atom. The molecule has 1 fully saturated rings. The molecule has 9 heteroatoms. The molecule has 3 aromatic rings. The lowest BCUT2D eigenvalue weighted by Crippen LogP contribution is -2.39. The molecule has 0 aliphatic carbocycles. The Balaban J connectivity index is 1.39. The number of benzene rings is 2. The first-order chi connectivity index (χ1) is 15.0. The van der Waals surface area contributed by atoms with Crippen LogP contribution in [0, 0.1) is 5.82 Å². The van der Waals surface area contributed by atoms with E-state index in [0.29, 0.717) is 40.3 Å². The molecule has 7 nitrogen and oxygen atoms in total. The number of carbonyl (C=O) groups is 1. The maximum atomic E-state index is 13.5. The average Bonchev–Trinajstić information content (AvgIpc) is 3.24. The number of ether oxygens (including phenoxy) is 1. The van der Waals surface area contributed by atoms with Crippen LogP contribution in [0.1, 0.15) is 24.7 Å². The normalized spacial score (nSPS) is 16.8. The fourth-order valence-corrected chi connectivity index (χ4v) is 3.89. The van der Waals surface area contributed by atoms with Crippen LogP contribution >= 0.6 is 11.6 Å². The molecule has 31 heavy (non-hydrogen) atoms. The fourth-order valence-electron chi connectivity index (χ4n) is 3.72. The zero-order valence-electron chi connectivity index (χ0n) is 17.0. The van der Waals surface area contributed by atoms with Crippen molar-refractivity contribution in [3.63, 3.8) is 0 Å². The molecule has 2 aromatic carbocycles. The molecule has 1 saturated heterocycles. The molecule has 1 amide bonds. The van der Waals surface area contributed by atoms with Crippen molar-refractivity contribution in [2.75, 3.05) is 32.1 Å². The number of methoxy groups -OCH3 is 1.